The molecular formula is C18H16N6OS. The Labute approximate surface area is 153 Å². The summed E-state index contributed by atoms with van der Waals surface area (Å²) in [5.74, 6) is 0.125. The van der Waals surface area contributed by atoms with E-state index in [1.54, 1.807) is 15.9 Å². The molecule has 8 heteroatoms. The average Bonchev–Trinajstić information content (AvgIpc) is 3.21. The number of benzene rings is 1. The lowest BCUT2D eigenvalue weighted by Gasteiger charge is -2.04. The van der Waals surface area contributed by atoms with E-state index >= 15 is 0 Å². The summed E-state index contributed by atoms with van der Waals surface area (Å²) in [5.41, 5.74) is 4.21. The first-order chi connectivity index (χ1) is 12.5. The molecule has 1 N–H and O–H groups in total. The third-order valence-electron chi connectivity index (χ3n) is 3.86. The third-order valence-corrected chi connectivity index (χ3v) is 4.63. The Bertz CT molecular complexity index is 1130. The maximum atomic E-state index is 12.5. The molecule has 130 valence electrons. The number of hydrogen-bond donors (Lipinski definition) is 1. The van der Waals surface area contributed by atoms with Gasteiger partial charge < -0.3 is 5.32 Å². The van der Waals surface area contributed by atoms with Crippen LogP contribution in [0.1, 0.15) is 27.0 Å². The molecule has 3 heterocycles. The van der Waals surface area contributed by atoms with Crippen molar-refractivity contribution in [1.82, 2.24) is 24.6 Å². The van der Waals surface area contributed by atoms with E-state index < -0.39 is 0 Å². The number of fused-ring (bicyclic) bond motifs is 1. The highest BCUT2D eigenvalue weighted by atomic mass is 32.1. The number of rotatable bonds is 3. The molecule has 4 aromatic rings. The van der Waals surface area contributed by atoms with E-state index in [-0.39, 0.29) is 11.7 Å². The predicted molar refractivity (Wildman–Crippen MR) is 100 cm³/mol. The number of nitrogens with one attached hydrogen (secondary N) is 1. The van der Waals surface area contributed by atoms with Crippen LogP contribution in [0.15, 0.2) is 35.7 Å². The molecule has 0 spiro atoms. The molecule has 0 aliphatic carbocycles. The fourth-order valence-corrected chi connectivity index (χ4v) is 3.32. The van der Waals surface area contributed by atoms with Gasteiger partial charge in [0.05, 0.1) is 10.7 Å². The van der Waals surface area contributed by atoms with E-state index in [2.05, 4.69) is 25.4 Å². The molecule has 4 rings (SSSR count). The van der Waals surface area contributed by atoms with E-state index in [4.69, 9.17) is 0 Å². The molecule has 0 fully saturated rings. The highest BCUT2D eigenvalue weighted by Crippen LogP contribution is 2.24. The monoisotopic (exact) mass is 364 g/mol. The molecule has 0 bridgehead atoms. The molecule has 1 amide bonds. The van der Waals surface area contributed by atoms with Crippen LogP contribution >= 0.6 is 11.3 Å². The molecule has 26 heavy (non-hydrogen) atoms. The van der Waals surface area contributed by atoms with Crippen LogP contribution in [0.25, 0.3) is 17.0 Å². The number of hydrogen-bond acceptors (Lipinski definition) is 6. The maximum absolute atomic E-state index is 12.5. The lowest BCUT2D eigenvalue weighted by atomic mass is 10.1. The van der Waals surface area contributed by atoms with Gasteiger partial charge in [-0.2, -0.15) is 4.98 Å². The Balaban J connectivity index is 1.61. The predicted octanol–water partition coefficient (Wildman–Crippen LogP) is 3.43. The van der Waals surface area contributed by atoms with Gasteiger partial charge in [-0.1, -0.05) is 12.1 Å². The quantitative estimate of drug-likeness (QED) is 0.602. The summed E-state index contributed by atoms with van der Waals surface area (Å²) in [6.07, 6.45) is 0. The smallest absolute Gasteiger partial charge is 0.295 e. The molecular weight excluding hydrogens is 348 g/mol. The summed E-state index contributed by atoms with van der Waals surface area (Å²) in [5, 5.41) is 10.1. The zero-order chi connectivity index (χ0) is 18.3. The number of carbonyl (C=O) groups excluding carboxylic acids is 1. The normalized spacial score (nSPS) is 11.0. The van der Waals surface area contributed by atoms with E-state index in [0.29, 0.717) is 11.5 Å². The number of carbonyl (C=O) groups is 1. The zero-order valence-electron chi connectivity index (χ0n) is 14.5. The number of aromatic nitrogens is 5. The van der Waals surface area contributed by atoms with Gasteiger partial charge in [0.2, 0.25) is 5.82 Å². The molecule has 0 aliphatic heterocycles. The Hall–Kier alpha value is -3.13. The van der Waals surface area contributed by atoms with Crippen molar-refractivity contribution in [3.63, 3.8) is 0 Å². The zero-order valence-corrected chi connectivity index (χ0v) is 15.3. The molecule has 3 aromatic heterocycles. The first-order valence-electron chi connectivity index (χ1n) is 8.04. The second kappa shape index (κ2) is 6.30. The number of amides is 1. The molecule has 0 saturated carbocycles. The molecule has 0 unspecified atom stereocenters. The highest BCUT2D eigenvalue weighted by Gasteiger charge is 2.15. The van der Waals surface area contributed by atoms with Crippen LogP contribution in [-0.2, 0) is 0 Å². The summed E-state index contributed by atoms with van der Waals surface area (Å²) < 4.78 is 1.57. The number of anilines is 1. The highest BCUT2D eigenvalue weighted by molar-refractivity contribution is 7.09. The van der Waals surface area contributed by atoms with Gasteiger partial charge in [0.25, 0.3) is 11.7 Å². The van der Waals surface area contributed by atoms with Gasteiger partial charge >= 0.3 is 0 Å². The summed E-state index contributed by atoms with van der Waals surface area (Å²) in [4.78, 5) is 25.6. The first-order valence-corrected chi connectivity index (χ1v) is 8.92. The van der Waals surface area contributed by atoms with Crippen LogP contribution in [0.5, 0.6) is 0 Å². The summed E-state index contributed by atoms with van der Waals surface area (Å²) >= 11 is 1.59. The minimum Gasteiger partial charge on any atom is -0.319 e. The van der Waals surface area contributed by atoms with Crippen LogP contribution in [0, 0.1) is 20.8 Å². The van der Waals surface area contributed by atoms with Crippen LogP contribution in [0.3, 0.4) is 0 Å². The molecule has 1 aromatic carbocycles. The fraction of sp³-hybridized carbons (Fsp3) is 0.167. The van der Waals surface area contributed by atoms with Crippen molar-refractivity contribution in [3.8, 4) is 11.3 Å². The topological polar surface area (TPSA) is 85.1 Å². The SMILES string of the molecule is Cc1cc(C)n2nc(C(=O)Nc3cccc(-c4csc(C)n4)c3)nc2n1. The van der Waals surface area contributed by atoms with Crippen LogP contribution in [0.4, 0.5) is 5.69 Å². The molecule has 0 radical (unpaired) electrons. The fourth-order valence-electron chi connectivity index (χ4n) is 2.70. The lowest BCUT2D eigenvalue weighted by molar-refractivity contribution is 0.101. The lowest BCUT2D eigenvalue weighted by Crippen LogP contribution is -2.14. The van der Waals surface area contributed by atoms with E-state index in [0.717, 1.165) is 27.7 Å². The van der Waals surface area contributed by atoms with Crippen molar-refractivity contribution in [2.45, 2.75) is 20.8 Å². The van der Waals surface area contributed by atoms with Crippen molar-refractivity contribution in [3.05, 3.63) is 57.9 Å². The first kappa shape index (κ1) is 16.3. The average molecular weight is 364 g/mol. The molecule has 0 aliphatic rings. The third kappa shape index (κ3) is 3.06. The van der Waals surface area contributed by atoms with Gasteiger partial charge in [-0.15, -0.1) is 16.4 Å². The standard InChI is InChI=1S/C18H16N6OS/c1-10-7-11(2)24-18(19-10)22-16(23-24)17(25)21-14-6-4-5-13(8-14)15-9-26-12(3)20-15/h4-9H,1-3H3,(H,21,25). The number of aryl methyl sites for hydroxylation is 3. The summed E-state index contributed by atoms with van der Waals surface area (Å²) in [7, 11) is 0. The van der Waals surface area contributed by atoms with Gasteiger partial charge in [-0.25, -0.2) is 14.5 Å². The van der Waals surface area contributed by atoms with Gasteiger partial charge in [0.15, 0.2) is 0 Å². The van der Waals surface area contributed by atoms with Crippen molar-refractivity contribution in [2.75, 3.05) is 5.32 Å². The summed E-state index contributed by atoms with van der Waals surface area (Å²) in [6, 6.07) is 9.44. The Morgan fingerprint density at radius 3 is 2.73 bits per heavy atom. The Kier molecular flexibility index (Phi) is 3.96. The van der Waals surface area contributed by atoms with Gasteiger partial charge in [0.1, 0.15) is 0 Å². The second-order valence-electron chi connectivity index (χ2n) is 5.97. The largest absolute Gasteiger partial charge is 0.319 e. The van der Waals surface area contributed by atoms with Gasteiger partial charge in [0, 0.05) is 28.0 Å². The van der Waals surface area contributed by atoms with Crippen molar-refractivity contribution in [2.24, 2.45) is 0 Å². The molecule has 0 atom stereocenters. The van der Waals surface area contributed by atoms with Crippen molar-refractivity contribution in [1.29, 1.82) is 0 Å². The second-order valence-corrected chi connectivity index (χ2v) is 7.04. The van der Waals surface area contributed by atoms with E-state index in [1.165, 1.54) is 0 Å². The van der Waals surface area contributed by atoms with Gasteiger partial charge in [-0.05, 0) is 39.0 Å². The Morgan fingerprint density at radius 1 is 1.12 bits per heavy atom. The molecule has 0 saturated heterocycles. The van der Waals surface area contributed by atoms with Crippen molar-refractivity contribution < 1.29 is 4.79 Å². The molecule has 7 nitrogen and oxygen atoms in total. The number of nitrogens with zero attached hydrogens (tertiary/aromatic N) is 5. The van der Waals surface area contributed by atoms with E-state index in [9.17, 15) is 4.79 Å². The summed E-state index contributed by atoms with van der Waals surface area (Å²) in [6.45, 7) is 5.75. The minimum atomic E-state index is -0.376. The maximum Gasteiger partial charge on any atom is 0.295 e. The van der Waals surface area contributed by atoms with Crippen molar-refractivity contribution >= 4 is 28.7 Å². The van der Waals surface area contributed by atoms with E-state index in [1.807, 2.05) is 56.5 Å². The van der Waals surface area contributed by atoms with Crippen LogP contribution in [0.2, 0.25) is 0 Å². The Morgan fingerprint density at radius 2 is 1.96 bits per heavy atom. The van der Waals surface area contributed by atoms with Crippen LogP contribution < -0.4 is 5.32 Å². The van der Waals surface area contributed by atoms with Gasteiger partial charge in [-0.3, -0.25) is 4.79 Å². The number of thiazole rings is 1. The minimum absolute atomic E-state index is 0.0844. The van der Waals surface area contributed by atoms with Crippen LogP contribution in [-0.4, -0.2) is 30.5 Å².